The summed E-state index contributed by atoms with van der Waals surface area (Å²) in [5, 5.41) is 4.98. The zero-order valence-electron chi connectivity index (χ0n) is 9.57. The van der Waals surface area contributed by atoms with E-state index in [1.807, 2.05) is 30.6 Å². The molecule has 1 aromatic carbocycles. The summed E-state index contributed by atoms with van der Waals surface area (Å²) >= 11 is 1.63. The Morgan fingerprint density at radius 3 is 2.94 bits per heavy atom. The average molecular weight is 251 g/mol. The lowest BCUT2D eigenvalue weighted by molar-refractivity contribution is 0.307. The second kappa shape index (κ2) is 5.80. The monoisotopic (exact) mass is 251 g/mol. The number of halogens is 1. The van der Waals surface area contributed by atoms with E-state index in [4.69, 9.17) is 4.74 Å². The molecule has 0 aliphatic heterocycles. The van der Waals surface area contributed by atoms with Crippen molar-refractivity contribution in [3.63, 3.8) is 0 Å². The van der Waals surface area contributed by atoms with Crippen molar-refractivity contribution < 1.29 is 9.13 Å². The summed E-state index contributed by atoms with van der Waals surface area (Å²) < 4.78 is 18.9. The van der Waals surface area contributed by atoms with Crippen LogP contribution in [0.1, 0.15) is 10.4 Å². The van der Waals surface area contributed by atoms with Crippen LogP contribution in [0.4, 0.5) is 4.39 Å². The van der Waals surface area contributed by atoms with E-state index < -0.39 is 0 Å². The third-order valence-corrected chi connectivity index (χ3v) is 3.12. The smallest absolute Gasteiger partial charge is 0.127 e. The minimum Gasteiger partial charge on any atom is -0.488 e. The quantitative estimate of drug-likeness (QED) is 0.881. The molecule has 17 heavy (non-hydrogen) atoms. The molecule has 2 aromatic rings. The second-order valence-electron chi connectivity index (χ2n) is 3.69. The van der Waals surface area contributed by atoms with Crippen molar-refractivity contribution >= 4 is 11.3 Å². The van der Waals surface area contributed by atoms with Crippen molar-refractivity contribution in [1.29, 1.82) is 0 Å². The van der Waals surface area contributed by atoms with Gasteiger partial charge in [-0.2, -0.15) is 0 Å². The molecule has 1 heterocycles. The second-order valence-corrected chi connectivity index (χ2v) is 4.73. The van der Waals surface area contributed by atoms with Crippen LogP contribution in [-0.4, -0.2) is 7.05 Å². The molecule has 0 saturated heterocycles. The molecule has 0 amide bonds. The van der Waals surface area contributed by atoms with E-state index in [2.05, 4.69) is 5.32 Å². The van der Waals surface area contributed by atoms with Gasteiger partial charge in [-0.05, 0) is 36.2 Å². The molecule has 0 radical (unpaired) electrons. The molecule has 0 fully saturated rings. The molecular formula is C13H14FNOS. The van der Waals surface area contributed by atoms with E-state index in [1.165, 1.54) is 12.1 Å². The highest BCUT2D eigenvalue weighted by molar-refractivity contribution is 7.09. The lowest BCUT2D eigenvalue weighted by Crippen LogP contribution is -2.05. The minimum absolute atomic E-state index is 0.265. The van der Waals surface area contributed by atoms with Gasteiger partial charge in [-0.25, -0.2) is 4.39 Å². The van der Waals surface area contributed by atoms with E-state index in [1.54, 1.807) is 11.3 Å². The first-order valence-electron chi connectivity index (χ1n) is 5.37. The van der Waals surface area contributed by atoms with Gasteiger partial charge in [0.2, 0.25) is 0 Å². The van der Waals surface area contributed by atoms with Crippen LogP contribution < -0.4 is 10.1 Å². The molecule has 4 heteroatoms. The van der Waals surface area contributed by atoms with Crippen LogP contribution in [0.2, 0.25) is 0 Å². The van der Waals surface area contributed by atoms with Crippen LogP contribution in [0.5, 0.6) is 5.75 Å². The molecule has 2 nitrogen and oxygen atoms in total. The lowest BCUT2D eigenvalue weighted by Gasteiger charge is -2.07. The van der Waals surface area contributed by atoms with E-state index in [-0.39, 0.29) is 5.82 Å². The SMILES string of the molecule is CNCc1cc(F)cc(OCc2cccs2)c1. The highest BCUT2D eigenvalue weighted by atomic mass is 32.1. The summed E-state index contributed by atoms with van der Waals surface area (Å²) in [6.45, 7) is 1.12. The van der Waals surface area contributed by atoms with Gasteiger partial charge < -0.3 is 10.1 Å². The molecule has 1 N–H and O–H groups in total. The number of rotatable bonds is 5. The summed E-state index contributed by atoms with van der Waals surface area (Å²) in [5.74, 6) is 0.308. The van der Waals surface area contributed by atoms with Gasteiger partial charge in [0, 0.05) is 17.5 Å². The van der Waals surface area contributed by atoms with E-state index in [9.17, 15) is 4.39 Å². The third-order valence-electron chi connectivity index (χ3n) is 2.27. The lowest BCUT2D eigenvalue weighted by atomic mass is 10.2. The Kier molecular flexibility index (Phi) is 4.12. The molecule has 0 aliphatic carbocycles. The summed E-state index contributed by atoms with van der Waals surface area (Å²) in [7, 11) is 1.83. The van der Waals surface area contributed by atoms with Gasteiger partial charge in [-0.1, -0.05) is 6.07 Å². The van der Waals surface area contributed by atoms with Crippen LogP contribution in [0.15, 0.2) is 35.7 Å². The van der Waals surface area contributed by atoms with Crippen LogP contribution in [0.3, 0.4) is 0 Å². The largest absolute Gasteiger partial charge is 0.488 e. The predicted molar refractivity (Wildman–Crippen MR) is 67.8 cm³/mol. The maximum Gasteiger partial charge on any atom is 0.127 e. The molecule has 0 atom stereocenters. The number of nitrogens with one attached hydrogen (secondary N) is 1. The van der Waals surface area contributed by atoms with Gasteiger partial charge in [0.25, 0.3) is 0 Å². The van der Waals surface area contributed by atoms with Crippen LogP contribution in [-0.2, 0) is 13.2 Å². The van der Waals surface area contributed by atoms with E-state index >= 15 is 0 Å². The van der Waals surface area contributed by atoms with Crippen LogP contribution in [0, 0.1) is 5.82 Å². The van der Waals surface area contributed by atoms with E-state index in [0.717, 1.165) is 10.4 Å². The van der Waals surface area contributed by atoms with Crippen molar-refractivity contribution in [3.8, 4) is 5.75 Å². The van der Waals surface area contributed by atoms with E-state index in [0.29, 0.717) is 18.9 Å². The molecule has 0 unspecified atom stereocenters. The molecule has 0 saturated carbocycles. The highest BCUT2D eigenvalue weighted by Gasteiger charge is 2.02. The van der Waals surface area contributed by atoms with Gasteiger partial charge in [0.15, 0.2) is 0 Å². The Balaban J connectivity index is 2.04. The first kappa shape index (κ1) is 12.1. The molecular weight excluding hydrogens is 237 g/mol. The Labute approximate surface area is 104 Å². The van der Waals surface area contributed by atoms with Crippen molar-refractivity contribution in [2.45, 2.75) is 13.2 Å². The minimum atomic E-state index is -0.265. The molecule has 2 rings (SSSR count). The fourth-order valence-corrected chi connectivity index (χ4v) is 2.18. The van der Waals surface area contributed by atoms with Crippen molar-refractivity contribution in [3.05, 3.63) is 52.0 Å². The molecule has 0 bridgehead atoms. The number of thiophene rings is 1. The Bertz CT molecular complexity index is 470. The van der Waals surface area contributed by atoms with Crippen LogP contribution in [0.25, 0.3) is 0 Å². The van der Waals surface area contributed by atoms with Crippen molar-refractivity contribution in [1.82, 2.24) is 5.32 Å². The molecule has 0 aliphatic rings. The summed E-state index contributed by atoms with van der Waals surface area (Å²) in [6, 6.07) is 8.74. The molecule has 90 valence electrons. The number of hydrogen-bond acceptors (Lipinski definition) is 3. The fraction of sp³-hybridized carbons (Fsp3) is 0.231. The number of ether oxygens (including phenoxy) is 1. The van der Waals surface area contributed by atoms with Gasteiger partial charge in [0.1, 0.15) is 18.2 Å². The summed E-state index contributed by atoms with van der Waals surface area (Å²) in [5.41, 5.74) is 0.883. The van der Waals surface area contributed by atoms with Gasteiger partial charge in [-0.15, -0.1) is 11.3 Å². The Hall–Kier alpha value is -1.39. The maximum absolute atomic E-state index is 13.3. The Morgan fingerprint density at radius 1 is 1.35 bits per heavy atom. The number of benzene rings is 1. The third kappa shape index (κ3) is 3.54. The van der Waals surface area contributed by atoms with Gasteiger partial charge in [-0.3, -0.25) is 0 Å². The average Bonchev–Trinajstić information content (AvgIpc) is 2.79. The van der Waals surface area contributed by atoms with Crippen LogP contribution >= 0.6 is 11.3 Å². The predicted octanol–water partition coefficient (Wildman–Crippen LogP) is 3.19. The first-order chi connectivity index (χ1) is 8.28. The van der Waals surface area contributed by atoms with Gasteiger partial charge in [0.05, 0.1) is 0 Å². The number of hydrogen-bond donors (Lipinski definition) is 1. The zero-order valence-corrected chi connectivity index (χ0v) is 10.4. The standard InChI is InChI=1S/C13H14FNOS/c1-15-8-10-5-11(14)7-12(6-10)16-9-13-3-2-4-17-13/h2-7,15H,8-9H2,1H3. The van der Waals surface area contributed by atoms with Crippen molar-refractivity contribution in [2.24, 2.45) is 0 Å². The maximum atomic E-state index is 13.3. The Morgan fingerprint density at radius 2 is 2.24 bits per heavy atom. The topological polar surface area (TPSA) is 21.3 Å². The zero-order chi connectivity index (χ0) is 12.1. The summed E-state index contributed by atoms with van der Waals surface area (Å²) in [6.07, 6.45) is 0. The van der Waals surface area contributed by atoms with Crippen molar-refractivity contribution in [2.75, 3.05) is 7.05 Å². The molecule has 1 aromatic heterocycles. The molecule has 0 spiro atoms. The fourth-order valence-electron chi connectivity index (χ4n) is 1.56. The normalized spacial score (nSPS) is 10.5. The highest BCUT2D eigenvalue weighted by Crippen LogP contribution is 2.19. The van der Waals surface area contributed by atoms with Gasteiger partial charge >= 0.3 is 0 Å². The first-order valence-corrected chi connectivity index (χ1v) is 6.25. The summed E-state index contributed by atoms with van der Waals surface area (Å²) in [4.78, 5) is 1.13.